The molecule has 4 aliphatic heterocycles. The molecular formula is C30H37N3O5. The Morgan fingerprint density at radius 1 is 0.947 bits per heavy atom. The van der Waals surface area contributed by atoms with Crippen molar-refractivity contribution in [2.45, 2.75) is 68.4 Å². The summed E-state index contributed by atoms with van der Waals surface area (Å²) in [5.41, 5.74) is -1.59. The third-order valence-electron chi connectivity index (χ3n) is 9.44. The van der Waals surface area contributed by atoms with E-state index < -0.39 is 35.1 Å². The van der Waals surface area contributed by atoms with Gasteiger partial charge in [0, 0.05) is 26.2 Å². The highest BCUT2D eigenvalue weighted by Gasteiger charge is 2.75. The van der Waals surface area contributed by atoms with Gasteiger partial charge in [-0.1, -0.05) is 73.9 Å². The SMILES string of the molecule is CN1CC=C[C@]2(C)O[C@]34C=CCN(C5CCCCC5)C(=O)C3N([C@H](CO)c3ccccc3)C(=O)[C@@H]4[C@@H]2C1=O. The largest absolute Gasteiger partial charge is 0.394 e. The van der Waals surface area contributed by atoms with Gasteiger partial charge in [0.05, 0.1) is 30.1 Å². The maximum absolute atomic E-state index is 14.6. The number of nitrogens with zero attached hydrogens (tertiary/aromatic N) is 3. The Balaban J connectivity index is 1.51. The Morgan fingerprint density at radius 3 is 2.37 bits per heavy atom. The van der Waals surface area contributed by atoms with E-state index in [4.69, 9.17) is 4.74 Å². The molecule has 1 aliphatic carbocycles. The van der Waals surface area contributed by atoms with Gasteiger partial charge in [0.1, 0.15) is 11.6 Å². The molecule has 3 fully saturated rings. The lowest BCUT2D eigenvalue weighted by Crippen LogP contribution is -2.58. The minimum absolute atomic E-state index is 0.103. The van der Waals surface area contributed by atoms with Crippen molar-refractivity contribution in [1.29, 1.82) is 0 Å². The van der Waals surface area contributed by atoms with Gasteiger partial charge in [-0.05, 0) is 25.3 Å². The van der Waals surface area contributed by atoms with Crippen molar-refractivity contribution in [3.63, 3.8) is 0 Å². The van der Waals surface area contributed by atoms with Crippen molar-refractivity contribution in [3.05, 3.63) is 60.2 Å². The Labute approximate surface area is 223 Å². The minimum Gasteiger partial charge on any atom is -0.394 e. The van der Waals surface area contributed by atoms with Crippen molar-refractivity contribution in [2.24, 2.45) is 11.8 Å². The van der Waals surface area contributed by atoms with Gasteiger partial charge in [-0.25, -0.2) is 0 Å². The molecule has 1 saturated carbocycles. The number of ether oxygens (including phenoxy) is 1. The molecule has 0 radical (unpaired) electrons. The van der Waals surface area contributed by atoms with Gasteiger partial charge in [-0.15, -0.1) is 0 Å². The highest BCUT2D eigenvalue weighted by molar-refractivity contribution is 6.00. The van der Waals surface area contributed by atoms with Crippen LogP contribution >= 0.6 is 0 Å². The second kappa shape index (κ2) is 9.35. The molecule has 3 amide bonds. The first kappa shape index (κ1) is 25.3. The average Bonchev–Trinajstić information content (AvgIpc) is 3.20. The molecule has 0 bridgehead atoms. The van der Waals surface area contributed by atoms with Crippen LogP contribution in [0.1, 0.15) is 50.6 Å². The number of rotatable bonds is 4. The van der Waals surface area contributed by atoms with Gasteiger partial charge in [-0.2, -0.15) is 0 Å². The lowest BCUT2D eigenvalue weighted by molar-refractivity contribution is -0.157. The first-order chi connectivity index (χ1) is 18.3. The molecule has 2 saturated heterocycles. The van der Waals surface area contributed by atoms with Gasteiger partial charge >= 0.3 is 0 Å². The number of hydrogen-bond donors (Lipinski definition) is 1. The zero-order valence-electron chi connectivity index (χ0n) is 22.2. The van der Waals surface area contributed by atoms with Crippen LogP contribution in [-0.4, -0.2) is 87.6 Å². The maximum atomic E-state index is 14.6. The number of amides is 3. The third kappa shape index (κ3) is 3.60. The maximum Gasteiger partial charge on any atom is 0.249 e. The number of likely N-dealkylation sites (tertiary alicyclic amines) is 1. The zero-order valence-corrected chi connectivity index (χ0v) is 22.2. The van der Waals surface area contributed by atoms with Crippen molar-refractivity contribution >= 4 is 17.7 Å². The Morgan fingerprint density at radius 2 is 1.66 bits per heavy atom. The summed E-state index contributed by atoms with van der Waals surface area (Å²) in [7, 11) is 1.73. The molecule has 5 aliphatic rings. The molecule has 8 nitrogen and oxygen atoms in total. The van der Waals surface area contributed by atoms with E-state index in [2.05, 4.69) is 0 Å². The van der Waals surface area contributed by atoms with Gasteiger partial charge < -0.3 is 24.5 Å². The summed E-state index contributed by atoms with van der Waals surface area (Å²) in [6, 6.07) is 7.72. The van der Waals surface area contributed by atoms with Crippen LogP contribution in [0.4, 0.5) is 0 Å². The number of benzene rings is 1. The predicted octanol–water partition coefficient (Wildman–Crippen LogP) is 2.45. The molecule has 38 heavy (non-hydrogen) atoms. The summed E-state index contributed by atoms with van der Waals surface area (Å²) < 4.78 is 6.87. The van der Waals surface area contributed by atoms with Crippen LogP contribution in [0.3, 0.4) is 0 Å². The van der Waals surface area contributed by atoms with Crippen LogP contribution < -0.4 is 0 Å². The fourth-order valence-electron chi connectivity index (χ4n) is 7.69. The highest BCUT2D eigenvalue weighted by atomic mass is 16.5. The fourth-order valence-corrected chi connectivity index (χ4v) is 7.69. The van der Waals surface area contributed by atoms with Crippen molar-refractivity contribution in [1.82, 2.24) is 14.7 Å². The van der Waals surface area contributed by atoms with Gasteiger partial charge in [0.15, 0.2) is 0 Å². The molecule has 6 atom stereocenters. The van der Waals surface area contributed by atoms with Gasteiger partial charge in [0.2, 0.25) is 17.7 Å². The lowest BCUT2D eigenvalue weighted by Gasteiger charge is -2.42. The van der Waals surface area contributed by atoms with Gasteiger partial charge in [-0.3, -0.25) is 14.4 Å². The highest BCUT2D eigenvalue weighted by Crippen LogP contribution is 2.58. The number of likely N-dealkylation sites (N-methyl/N-ethyl adjacent to an activating group) is 1. The molecule has 1 aromatic carbocycles. The lowest BCUT2D eigenvalue weighted by atomic mass is 9.74. The molecule has 0 aromatic heterocycles. The van der Waals surface area contributed by atoms with Crippen molar-refractivity contribution < 1.29 is 24.2 Å². The van der Waals surface area contributed by atoms with Crippen LogP contribution in [0.25, 0.3) is 0 Å². The smallest absolute Gasteiger partial charge is 0.249 e. The van der Waals surface area contributed by atoms with Crippen molar-refractivity contribution in [3.8, 4) is 0 Å². The topological polar surface area (TPSA) is 90.4 Å². The Kier molecular flexibility index (Phi) is 6.23. The van der Waals surface area contributed by atoms with Crippen LogP contribution in [0.5, 0.6) is 0 Å². The first-order valence-electron chi connectivity index (χ1n) is 13.9. The van der Waals surface area contributed by atoms with Crippen LogP contribution in [-0.2, 0) is 19.1 Å². The molecule has 8 heteroatoms. The van der Waals surface area contributed by atoms with Crippen LogP contribution in [0, 0.1) is 11.8 Å². The van der Waals surface area contributed by atoms with Crippen LogP contribution in [0.2, 0.25) is 0 Å². The van der Waals surface area contributed by atoms with E-state index in [1.54, 1.807) is 16.8 Å². The monoisotopic (exact) mass is 519 g/mol. The molecule has 6 rings (SSSR count). The fraction of sp³-hybridized carbons (Fsp3) is 0.567. The van der Waals surface area contributed by atoms with E-state index in [9.17, 15) is 19.5 Å². The summed E-state index contributed by atoms with van der Waals surface area (Å²) in [5.74, 6) is -2.29. The third-order valence-corrected chi connectivity index (χ3v) is 9.44. The van der Waals surface area contributed by atoms with E-state index in [-0.39, 0.29) is 30.4 Å². The van der Waals surface area contributed by atoms with E-state index in [1.807, 2.05) is 66.5 Å². The molecule has 1 N–H and O–H groups in total. The summed E-state index contributed by atoms with van der Waals surface area (Å²) in [6.45, 7) is 2.39. The number of aliphatic hydroxyl groups excluding tert-OH is 1. The number of carbonyl (C=O) groups excluding carboxylic acids is 3. The van der Waals surface area contributed by atoms with Gasteiger partial charge in [0.25, 0.3) is 0 Å². The minimum atomic E-state index is -1.31. The molecule has 1 spiro atoms. The van der Waals surface area contributed by atoms with E-state index in [0.717, 1.165) is 31.2 Å². The van der Waals surface area contributed by atoms with Crippen LogP contribution in [0.15, 0.2) is 54.6 Å². The normalized spacial score (nSPS) is 36.1. The second-order valence-corrected chi connectivity index (χ2v) is 11.7. The van der Waals surface area contributed by atoms with Crippen molar-refractivity contribution in [2.75, 3.05) is 26.7 Å². The van der Waals surface area contributed by atoms with E-state index in [0.29, 0.717) is 13.1 Å². The quantitative estimate of drug-likeness (QED) is 0.618. The summed E-state index contributed by atoms with van der Waals surface area (Å²) >= 11 is 0. The summed E-state index contributed by atoms with van der Waals surface area (Å²) in [6.07, 6.45) is 12.8. The zero-order chi connectivity index (χ0) is 26.7. The Bertz CT molecular complexity index is 1180. The number of aliphatic hydroxyl groups is 1. The van der Waals surface area contributed by atoms with E-state index in [1.165, 1.54) is 6.42 Å². The second-order valence-electron chi connectivity index (χ2n) is 11.7. The molecule has 1 aromatic rings. The molecule has 1 unspecified atom stereocenters. The predicted molar refractivity (Wildman–Crippen MR) is 141 cm³/mol. The standard InChI is InChI=1S/C30H37N3O5/c1-29-15-9-17-31(2)26(35)23(29)24-27(36)33(22(19-34)20-11-5-3-6-12-20)25-28(37)32(21-13-7-4-8-14-21)18-10-16-30(24,25)38-29/h3,5-6,9-12,15-16,21-25,34H,4,7-8,13-14,17-19H2,1-2H3/t22-,23-,24+,25?,29+,30+/m1/s1. The summed E-state index contributed by atoms with van der Waals surface area (Å²) in [5, 5.41) is 10.6. The number of fused-ring (bicyclic) bond motifs is 2. The number of hydrogen-bond acceptors (Lipinski definition) is 5. The first-order valence-corrected chi connectivity index (χ1v) is 13.9. The molecule has 4 heterocycles. The Hall–Kier alpha value is -2.97. The molecular weight excluding hydrogens is 482 g/mol. The summed E-state index contributed by atoms with van der Waals surface area (Å²) in [4.78, 5) is 48.0. The number of carbonyl (C=O) groups is 3. The average molecular weight is 520 g/mol. The van der Waals surface area contributed by atoms with E-state index >= 15 is 0 Å². The molecule has 202 valence electrons.